The Labute approximate surface area is 177 Å². The van der Waals surface area contributed by atoms with Crippen molar-refractivity contribution in [1.82, 2.24) is 4.98 Å². The molecule has 0 fully saturated rings. The zero-order valence-electron chi connectivity index (χ0n) is 16.2. The molecule has 152 valence electrons. The van der Waals surface area contributed by atoms with E-state index >= 15 is 0 Å². The van der Waals surface area contributed by atoms with E-state index in [4.69, 9.17) is 5.73 Å². The number of aromatic nitrogens is 1. The maximum atomic E-state index is 12.9. The summed E-state index contributed by atoms with van der Waals surface area (Å²) in [5.74, 6) is 0.0297. The number of nitrogens with zero attached hydrogens (tertiary/aromatic N) is 2. The highest BCUT2D eigenvalue weighted by Gasteiger charge is 2.30. The standard InChI is InChI=1S/C25H16F3N3/c26-25(27,28)20-12-10-18(11-13-20)21-14-23(31-24(30)22(21)15-29)19-8-6-17(7-9-19)16-4-2-1-3-5-16/h1-14H,(H2,30,31). The van der Waals surface area contributed by atoms with Crippen LogP contribution in [0.3, 0.4) is 0 Å². The Morgan fingerprint density at radius 2 is 1.29 bits per heavy atom. The second-order valence-electron chi connectivity index (χ2n) is 6.95. The molecule has 6 heteroatoms. The van der Waals surface area contributed by atoms with Gasteiger partial charge < -0.3 is 5.73 Å². The van der Waals surface area contributed by atoms with Gasteiger partial charge >= 0.3 is 6.18 Å². The molecule has 1 heterocycles. The Balaban J connectivity index is 1.75. The van der Waals surface area contributed by atoms with Gasteiger partial charge in [-0.2, -0.15) is 18.4 Å². The van der Waals surface area contributed by atoms with Crippen molar-refractivity contribution in [3.8, 4) is 39.6 Å². The minimum Gasteiger partial charge on any atom is -0.383 e. The molecule has 3 aromatic carbocycles. The molecule has 2 N–H and O–H groups in total. The summed E-state index contributed by atoms with van der Waals surface area (Å²) in [5, 5.41) is 9.52. The van der Waals surface area contributed by atoms with E-state index in [0.29, 0.717) is 16.8 Å². The first-order chi connectivity index (χ1) is 14.9. The van der Waals surface area contributed by atoms with E-state index in [-0.39, 0.29) is 11.4 Å². The number of nitrogens with two attached hydrogens (primary N) is 1. The Hall–Kier alpha value is -4.11. The number of rotatable bonds is 3. The SMILES string of the molecule is N#Cc1c(-c2ccc(C(F)(F)F)cc2)cc(-c2ccc(-c3ccccc3)cc2)nc1N. The number of nitrogen functional groups attached to an aromatic ring is 1. The molecule has 0 unspecified atom stereocenters. The van der Waals surface area contributed by atoms with E-state index < -0.39 is 11.7 Å². The second kappa shape index (κ2) is 7.96. The highest BCUT2D eigenvalue weighted by molar-refractivity contribution is 5.80. The van der Waals surface area contributed by atoms with E-state index in [1.165, 1.54) is 12.1 Å². The van der Waals surface area contributed by atoms with Crippen LogP contribution in [0.1, 0.15) is 11.1 Å². The molecule has 0 atom stereocenters. The molecule has 3 nitrogen and oxygen atoms in total. The summed E-state index contributed by atoms with van der Waals surface area (Å²) in [4.78, 5) is 4.33. The van der Waals surface area contributed by atoms with Crippen LogP contribution >= 0.6 is 0 Å². The van der Waals surface area contributed by atoms with Gasteiger partial charge in [0.2, 0.25) is 0 Å². The predicted octanol–water partition coefficient (Wildman–Crippen LogP) is 6.56. The van der Waals surface area contributed by atoms with Crippen LogP contribution in [0, 0.1) is 11.3 Å². The molecule has 31 heavy (non-hydrogen) atoms. The predicted molar refractivity (Wildman–Crippen MR) is 115 cm³/mol. The maximum Gasteiger partial charge on any atom is 0.416 e. The fourth-order valence-corrected chi connectivity index (χ4v) is 3.36. The van der Waals surface area contributed by atoms with Crippen LogP contribution in [-0.4, -0.2) is 4.98 Å². The van der Waals surface area contributed by atoms with E-state index in [1.807, 2.05) is 60.7 Å². The molecule has 0 saturated carbocycles. The lowest BCUT2D eigenvalue weighted by Gasteiger charge is -2.12. The van der Waals surface area contributed by atoms with Crippen LogP contribution in [0.5, 0.6) is 0 Å². The number of halogens is 3. The summed E-state index contributed by atoms with van der Waals surface area (Å²) in [7, 11) is 0. The number of benzene rings is 3. The Morgan fingerprint density at radius 1 is 0.742 bits per heavy atom. The third-order valence-corrected chi connectivity index (χ3v) is 4.97. The number of nitriles is 1. The van der Waals surface area contributed by atoms with Crippen molar-refractivity contribution >= 4 is 5.82 Å². The first kappa shape index (κ1) is 20.2. The minimum atomic E-state index is -4.43. The minimum absolute atomic E-state index is 0.0297. The van der Waals surface area contributed by atoms with Gasteiger partial charge in [0.15, 0.2) is 0 Å². The van der Waals surface area contributed by atoms with Crippen LogP contribution in [0.15, 0.2) is 84.9 Å². The summed E-state index contributed by atoms with van der Waals surface area (Å²) in [6.07, 6.45) is -4.43. The lowest BCUT2D eigenvalue weighted by atomic mass is 9.96. The van der Waals surface area contributed by atoms with Gasteiger partial charge in [0.1, 0.15) is 17.5 Å². The molecule has 0 radical (unpaired) electrons. The van der Waals surface area contributed by atoms with E-state index in [1.54, 1.807) is 6.07 Å². The van der Waals surface area contributed by atoms with Crippen molar-refractivity contribution in [1.29, 1.82) is 5.26 Å². The molecule has 0 aliphatic rings. The van der Waals surface area contributed by atoms with Gasteiger partial charge in [-0.25, -0.2) is 4.98 Å². The zero-order valence-corrected chi connectivity index (χ0v) is 16.2. The highest BCUT2D eigenvalue weighted by Crippen LogP contribution is 2.34. The van der Waals surface area contributed by atoms with Crippen molar-refractivity contribution in [2.24, 2.45) is 0 Å². The third-order valence-electron chi connectivity index (χ3n) is 4.97. The number of alkyl halides is 3. The number of anilines is 1. The first-order valence-corrected chi connectivity index (χ1v) is 9.41. The number of hydrogen-bond donors (Lipinski definition) is 1. The maximum absolute atomic E-state index is 12.9. The van der Waals surface area contributed by atoms with Crippen LogP contribution in [0.4, 0.5) is 19.0 Å². The summed E-state index contributed by atoms with van der Waals surface area (Å²) in [6.45, 7) is 0. The molecular formula is C25H16F3N3. The normalized spacial score (nSPS) is 11.2. The Kier molecular flexibility index (Phi) is 5.18. The van der Waals surface area contributed by atoms with E-state index in [2.05, 4.69) is 4.98 Å². The van der Waals surface area contributed by atoms with Gasteiger partial charge in [-0.1, -0.05) is 66.7 Å². The summed E-state index contributed by atoms with van der Waals surface area (Å²) in [5.41, 5.74) is 9.71. The quantitative estimate of drug-likeness (QED) is 0.412. The molecule has 0 saturated heterocycles. The summed E-state index contributed by atoms with van der Waals surface area (Å²) < 4.78 is 38.7. The summed E-state index contributed by atoms with van der Waals surface area (Å²) in [6, 6.07) is 25.9. The third kappa shape index (κ3) is 4.12. The zero-order chi connectivity index (χ0) is 22.0. The van der Waals surface area contributed by atoms with Crippen LogP contribution in [0.25, 0.3) is 33.5 Å². The van der Waals surface area contributed by atoms with Gasteiger partial charge in [-0.3, -0.25) is 0 Å². The molecule has 0 aliphatic carbocycles. The van der Waals surface area contributed by atoms with Crippen molar-refractivity contribution < 1.29 is 13.2 Å². The van der Waals surface area contributed by atoms with Crippen molar-refractivity contribution in [3.63, 3.8) is 0 Å². The molecule has 4 aromatic rings. The largest absolute Gasteiger partial charge is 0.416 e. The van der Waals surface area contributed by atoms with Gasteiger partial charge in [-0.05, 0) is 34.9 Å². The average molecular weight is 415 g/mol. The van der Waals surface area contributed by atoms with Crippen molar-refractivity contribution in [2.75, 3.05) is 5.73 Å². The smallest absolute Gasteiger partial charge is 0.383 e. The lowest BCUT2D eigenvalue weighted by molar-refractivity contribution is -0.137. The highest BCUT2D eigenvalue weighted by atomic mass is 19.4. The van der Waals surface area contributed by atoms with Crippen LogP contribution in [-0.2, 0) is 6.18 Å². The number of pyridine rings is 1. The molecule has 0 amide bonds. The fourth-order valence-electron chi connectivity index (χ4n) is 3.36. The molecule has 4 rings (SSSR count). The topological polar surface area (TPSA) is 62.7 Å². The van der Waals surface area contributed by atoms with Crippen LogP contribution in [0.2, 0.25) is 0 Å². The van der Waals surface area contributed by atoms with Crippen LogP contribution < -0.4 is 5.73 Å². The molecule has 0 aliphatic heterocycles. The first-order valence-electron chi connectivity index (χ1n) is 9.41. The lowest BCUT2D eigenvalue weighted by Crippen LogP contribution is -2.04. The summed E-state index contributed by atoms with van der Waals surface area (Å²) >= 11 is 0. The molecule has 1 aromatic heterocycles. The molecular weight excluding hydrogens is 399 g/mol. The van der Waals surface area contributed by atoms with Gasteiger partial charge in [0.25, 0.3) is 0 Å². The second-order valence-corrected chi connectivity index (χ2v) is 6.95. The fraction of sp³-hybridized carbons (Fsp3) is 0.0400. The van der Waals surface area contributed by atoms with Gasteiger partial charge in [-0.15, -0.1) is 0 Å². The van der Waals surface area contributed by atoms with Crippen molar-refractivity contribution in [2.45, 2.75) is 6.18 Å². The van der Waals surface area contributed by atoms with E-state index in [9.17, 15) is 18.4 Å². The number of hydrogen-bond acceptors (Lipinski definition) is 3. The Morgan fingerprint density at radius 3 is 1.87 bits per heavy atom. The Bertz CT molecular complexity index is 1260. The van der Waals surface area contributed by atoms with Gasteiger partial charge in [0, 0.05) is 11.1 Å². The van der Waals surface area contributed by atoms with Crippen molar-refractivity contribution in [3.05, 3.63) is 96.1 Å². The molecule has 0 spiro atoms. The van der Waals surface area contributed by atoms with E-state index in [0.717, 1.165) is 28.8 Å². The average Bonchev–Trinajstić information content (AvgIpc) is 2.79. The molecule has 0 bridgehead atoms. The monoisotopic (exact) mass is 415 g/mol. The van der Waals surface area contributed by atoms with Gasteiger partial charge in [0.05, 0.1) is 11.3 Å².